The summed E-state index contributed by atoms with van der Waals surface area (Å²) in [5.41, 5.74) is 3.38. The molecule has 1 saturated heterocycles. The van der Waals surface area contributed by atoms with Crippen LogP contribution in [0.1, 0.15) is 43.2 Å². The summed E-state index contributed by atoms with van der Waals surface area (Å²) in [5, 5.41) is 6.46. The maximum absolute atomic E-state index is 11.9. The molecule has 3 nitrogen and oxygen atoms in total. The molecular weight excluding hydrogens is 236 g/mol. The fraction of sp³-hybridized carbons (Fsp3) is 0.562. The second-order valence-electron chi connectivity index (χ2n) is 5.53. The minimum Gasteiger partial charge on any atom is -0.326 e. The zero-order valence-corrected chi connectivity index (χ0v) is 12.0. The third-order valence-electron chi connectivity index (χ3n) is 3.92. The molecule has 0 aromatic heterocycles. The molecule has 0 saturated carbocycles. The number of aryl methyl sites for hydroxylation is 2. The average Bonchev–Trinajstić information content (AvgIpc) is 2.42. The number of carbonyl (C=O) groups is 1. The molecule has 2 rings (SSSR count). The number of benzene rings is 1. The number of hydrogen-bond donors (Lipinski definition) is 2. The van der Waals surface area contributed by atoms with Crippen LogP contribution in [0.15, 0.2) is 18.2 Å². The Bertz CT molecular complexity index is 436. The highest BCUT2D eigenvalue weighted by Gasteiger charge is 2.14. The van der Waals surface area contributed by atoms with Gasteiger partial charge in [-0.15, -0.1) is 0 Å². The van der Waals surface area contributed by atoms with Crippen LogP contribution in [0.2, 0.25) is 0 Å². The summed E-state index contributed by atoms with van der Waals surface area (Å²) in [6.07, 6.45) is 5.31. The standard InChI is InChI=1S/C16H24N2O/c1-12-6-7-15(11-13(12)2)18-16(19)9-8-14-5-3-4-10-17-14/h6-7,11,14,17H,3-5,8-10H2,1-2H3,(H,18,19). The van der Waals surface area contributed by atoms with Gasteiger partial charge < -0.3 is 10.6 Å². The third kappa shape index (κ3) is 4.35. The van der Waals surface area contributed by atoms with Gasteiger partial charge in [-0.05, 0) is 62.9 Å². The number of carbonyl (C=O) groups excluding carboxylic acids is 1. The molecule has 0 radical (unpaired) electrons. The Morgan fingerprint density at radius 3 is 2.84 bits per heavy atom. The normalized spacial score (nSPS) is 19.2. The summed E-state index contributed by atoms with van der Waals surface area (Å²) in [4.78, 5) is 11.9. The van der Waals surface area contributed by atoms with E-state index in [1.165, 1.54) is 30.4 Å². The SMILES string of the molecule is Cc1ccc(NC(=O)CCC2CCCCN2)cc1C. The average molecular weight is 260 g/mol. The molecule has 19 heavy (non-hydrogen) atoms. The minimum absolute atomic E-state index is 0.121. The first kappa shape index (κ1) is 14.1. The number of piperidine rings is 1. The van der Waals surface area contributed by atoms with Gasteiger partial charge in [-0.25, -0.2) is 0 Å². The summed E-state index contributed by atoms with van der Waals surface area (Å²) in [7, 11) is 0. The highest BCUT2D eigenvalue weighted by molar-refractivity contribution is 5.90. The molecule has 1 atom stereocenters. The van der Waals surface area contributed by atoms with Crippen molar-refractivity contribution >= 4 is 11.6 Å². The monoisotopic (exact) mass is 260 g/mol. The van der Waals surface area contributed by atoms with Gasteiger partial charge in [-0.2, -0.15) is 0 Å². The summed E-state index contributed by atoms with van der Waals surface area (Å²) in [5.74, 6) is 0.121. The van der Waals surface area contributed by atoms with E-state index in [1.54, 1.807) is 0 Å². The van der Waals surface area contributed by atoms with Gasteiger partial charge >= 0.3 is 0 Å². The summed E-state index contributed by atoms with van der Waals surface area (Å²) in [6.45, 7) is 5.25. The molecule has 2 N–H and O–H groups in total. The largest absolute Gasteiger partial charge is 0.326 e. The van der Waals surface area contributed by atoms with E-state index in [1.807, 2.05) is 18.2 Å². The molecule has 104 valence electrons. The van der Waals surface area contributed by atoms with Crippen molar-refractivity contribution < 1.29 is 4.79 Å². The maximum atomic E-state index is 11.9. The van der Waals surface area contributed by atoms with Crippen molar-refractivity contribution in [2.24, 2.45) is 0 Å². The van der Waals surface area contributed by atoms with E-state index in [-0.39, 0.29) is 5.91 Å². The van der Waals surface area contributed by atoms with Gasteiger partial charge in [0.1, 0.15) is 0 Å². The van der Waals surface area contributed by atoms with Gasteiger partial charge in [0.15, 0.2) is 0 Å². The highest BCUT2D eigenvalue weighted by Crippen LogP contribution is 2.16. The molecule has 1 aromatic carbocycles. The first-order valence-electron chi connectivity index (χ1n) is 7.25. The van der Waals surface area contributed by atoms with Gasteiger partial charge in [0, 0.05) is 18.2 Å². The van der Waals surface area contributed by atoms with Crippen LogP contribution in [0, 0.1) is 13.8 Å². The van der Waals surface area contributed by atoms with Crippen LogP contribution >= 0.6 is 0 Å². The van der Waals surface area contributed by atoms with Crippen LogP contribution in [0.3, 0.4) is 0 Å². The lowest BCUT2D eigenvalue weighted by Gasteiger charge is -2.23. The molecule has 1 amide bonds. The van der Waals surface area contributed by atoms with Crippen molar-refractivity contribution in [2.45, 2.75) is 52.0 Å². The predicted octanol–water partition coefficient (Wildman–Crippen LogP) is 3.16. The predicted molar refractivity (Wildman–Crippen MR) is 79.4 cm³/mol. The molecule has 1 aliphatic rings. The lowest BCUT2D eigenvalue weighted by atomic mass is 10.0. The smallest absolute Gasteiger partial charge is 0.224 e. The number of amides is 1. The van der Waals surface area contributed by atoms with Crippen molar-refractivity contribution in [3.8, 4) is 0 Å². The molecule has 1 aliphatic heterocycles. The third-order valence-corrected chi connectivity index (χ3v) is 3.92. The number of anilines is 1. The lowest BCUT2D eigenvalue weighted by Crippen LogP contribution is -2.34. The summed E-state index contributed by atoms with van der Waals surface area (Å²) < 4.78 is 0. The van der Waals surface area contributed by atoms with E-state index in [0.29, 0.717) is 12.5 Å². The van der Waals surface area contributed by atoms with Crippen LogP contribution in [0.25, 0.3) is 0 Å². The van der Waals surface area contributed by atoms with Crippen molar-refractivity contribution in [2.75, 3.05) is 11.9 Å². The van der Waals surface area contributed by atoms with Crippen molar-refractivity contribution in [1.29, 1.82) is 0 Å². The zero-order chi connectivity index (χ0) is 13.7. The van der Waals surface area contributed by atoms with Crippen LogP contribution < -0.4 is 10.6 Å². The quantitative estimate of drug-likeness (QED) is 0.873. The molecule has 1 aromatic rings. The second kappa shape index (κ2) is 6.71. The number of nitrogens with one attached hydrogen (secondary N) is 2. The molecule has 0 aliphatic carbocycles. The number of hydrogen-bond acceptors (Lipinski definition) is 2. The van der Waals surface area contributed by atoms with Gasteiger partial charge in [0.2, 0.25) is 5.91 Å². The Hall–Kier alpha value is -1.35. The van der Waals surface area contributed by atoms with Gasteiger partial charge in [-0.1, -0.05) is 12.5 Å². The second-order valence-corrected chi connectivity index (χ2v) is 5.53. The van der Waals surface area contributed by atoms with Gasteiger partial charge in [-0.3, -0.25) is 4.79 Å². The van der Waals surface area contributed by atoms with Gasteiger partial charge in [0.05, 0.1) is 0 Å². The molecule has 3 heteroatoms. The first-order chi connectivity index (χ1) is 9.15. The Balaban J connectivity index is 1.78. The Morgan fingerprint density at radius 1 is 1.32 bits per heavy atom. The molecular formula is C16H24N2O. The van der Waals surface area contributed by atoms with Crippen molar-refractivity contribution in [1.82, 2.24) is 5.32 Å². The fourth-order valence-electron chi connectivity index (χ4n) is 2.52. The minimum atomic E-state index is 0.121. The van der Waals surface area contributed by atoms with E-state index in [0.717, 1.165) is 18.7 Å². The van der Waals surface area contributed by atoms with Crippen LogP contribution in [0.4, 0.5) is 5.69 Å². The van der Waals surface area contributed by atoms with Crippen LogP contribution in [-0.4, -0.2) is 18.5 Å². The lowest BCUT2D eigenvalue weighted by molar-refractivity contribution is -0.116. The zero-order valence-electron chi connectivity index (χ0n) is 12.0. The molecule has 1 unspecified atom stereocenters. The van der Waals surface area contributed by atoms with Crippen LogP contribution in [0.5, 0.6) is 0 Å². The molecule has 1 heterocycles. The molecule has 1 fully saturated rings. The van der Waals surface area contributed by atoms with Gasteiger partial charge in [0.25, 0.3) is 0 Å². The topological polar surface area (TPSA) is 41.1 Å². The Kier molecular flexibility index (Phi) is 4.97. The van der Waals surface area contributed by atoms with Crippen molar-refractivity contribution in [3.05, 3.63) is 29.3 Å². The summed E-state index contributed by atoms with van der Waals surface area (Å²) in [6, 6.07) is 6.58. The maximum Gasteiger partial charge on any atom is 0.224 e. The van der Waals surface area contributed by atoms with Crippen LogP contribution in [-0.2, 0) is 4.79 Å². The molecule has 0 bridgehead atoms. The van der Waals surface area contributed by atoms with E-state index in [2.05, 4.69) is 24.5 Å². The highest BCUT2D eigenvalue weighted by atomic mass is 16.1. The van der Waals surface area contributed by atoms with Crippen molar-refractivity contribution in [3.63, 3.8) is 0 Å². The first-order valence-corrected chi connectivity index (χ1v) is 7.25. The summed E-state index contributed by atoms with van der Waals surface area (Å²) >= 11 is 0. The van der Waals surface area contributed by atoms with E-state index < -0.39 is 0 Å². The van der Waals surface area contributed by atoms with E-state index in [9.17, 15) is 4.79 Å². The fourth-order valence-corrected chi connectivity index (χ4v) is 2.52. The molecule has 0 spiro atoms. The Labute approximate surface area is 115 Å². The number of rotatable bonds is 4. The Morgan fingerprint density at radius 2 is 2.16 bits per heavy atom. The van der Waals surface area contributed by atoms with E-state index in [4.69, 9.17) is 0 Å². The van der Waals surface area contributed by atoms with E-state index >= 15 is 0 Å².